The average Bonchev–Trinajstić information content (AvgIpc) is 2.58. The third-order valence-corrected chi connectivity index (χ3v) is 3.15. The predicted molar refractivity (Wildman–Crippen MR) is 92.3 cm³/mol. The van der Waals surface area contributed by atoms with Gasteiger partial charge in [0.2, 0.25) is 0 Å². The van der Waals surface area contributed by atoms with Crippen LogP contribution in [-0.2, 0) is 11.3 Å². The first-order valence-electron chi connectivity index (χ1n) is 7.36. The number of rotatable bonds is 4. The summed E-state index contributed by atoms with van der Waals surface area (Å²) in [6.07, 6.45) is -0.467. The molecule has 4 heteroatoms. The third-order valence-electron chi connectivity index (χ3n) is 3.15. The fraction of sp³-hybridized carbons (Fsp3) is 0.211. The standard InChI is InChI=1S/C19H20N2O2/c1-21(2)18-12-10-16(11-13-18)9-6-14-20-19(22)23-15-17-7-4-3-5-8-17/h3-5,7-8,10-13H,14-15H2,1-2H3,(H,20,22). The van der Waals surface area contributed by atoms with Crippen molar-refractivity contribution in [3.63, 3.8) is 0 Å². The highest BCUT2D eigenvalue weighted by atomic mass is 16.5. The average molecular weight is 308 g/mol. The summed E-state index contributed by atoms with van der Waals surface area (Å²) in [5.74, 6) is 5.91. The SMILES string of the molecule is CN(C)c1ccc(C#CCNC(=O)OCc2ccccc2)cc1. The minimum atomic E-state index is -0.467. The molecule has 0 aromatic heterocycles. The smallest absolute Gasteiger partial charge is 0.408 e. The van der Waals surface area contributed by atoms with E-state index in [0.717, 1.165) is 16.8 Å². The van der Waals surface area contributed by atoms with Gasteiger partial charge in [0.05, 0.1) is 6.54 Å². The molecular formula is C19H20N2O2. The van der Waals surface area contributed by atoms with Crippen molar-refractivity contribution >= 4 is 11.8 Å². The first-order valence-corrected chi connectivity index (χ1v) is 7.36. The Kier molecular flexibility index (Phi) is 6.07. The Hall–Kier alpha value is -2.93. The Labute approximate surface area is 137 Å². The van der Waals surface area contributed by atoms with Crippen molar-refractivity contribution in [1.82, 2.24) is 5.32 Å². The van der Waals surface area contributed by atoms with Gasteiger partial charge in [-0.15, -0.1) is 0 Å². The molecule has 0 fully saturated rings. The molecule has 0 aliphatic rings. The minimum absolute atomic E-state index is 0.253. The van der Waals surface area contributed by atoms with E-state index in [1.807, 2.05) is 73.6 Å². The van der Waals surface area contributed by atoms with Crippen LogP contribution in [0, 0.1) is 11.8 Å². The van der Waals surface area contributed by atoms with Crippen molar-refractivity contribution < 1.29 is 9.53 Å². The van der Waals surface area contributed by atoms with Crippen LogP contribution in [0.4, 0.5) is 10.5 Å². The Morgan fingerprint density at radius 2 is 1.78 bits per heavy atom. The second-order valence-corrected chi connectivity index (χ2v) is 5.16. The van der Waals surface area contributed by atoms with Gasteiger partial charge in [-0.2, -0.15) is 0 Å². The van der Waals surface area contributed by atoms with Gasteiger partial charge in [0, 0.05) is 25.3 Å². The van der Waals surface area contributed by atoms with E-state index >= 15 is 0 Å². The molecule has 0 aliphatic heterocycles. The normalized spacial score (nSPS) is 9.48. The van der Waals surface area contributed by atoms with Crippen molar-refractivity contribution in [3.05, 3.63) is 65.7 Å². The maximum absolute atomic E-state index is 11.5. The zero-order valence-electron chi connectivity index (χ0n) is 13.4. The van der Waals surface area contributed by atoms with Gasteiger partial charge >= 0.3 is 6.09 Å². The van der Waals surface area contributed by atoms with E-state index < -0.39 is 6.09 Å². The maximum atomic E-state index is 11.5. The summed E-state index contributed by atoms with van der Waals surface area (Å²) in [6.45, 7) is 0.509. The molecule has 0 unspecified atom stereocenters. The molecule has 0 saturated carbocycles. The monoisotopic (exact) mass is 308 g/mol. The number of alkyl carbamates (subject to hydrolysis) is 1. The number of benzene rings is 2. The molecule has 2 aromatic carbocycles. The van der Waals surface area contributed by atoms with Crippen molar-refractivity contribution in [2.24, 2.45) is 0 Å². The summed E-state index contributed by atoms with van der Waals surface area (Å²) in [5, 5.41) is 2.61. The van der Waals surface area contributed by atoms with Gasteiger partial charge in [-0.3, -0.25) is 0 Å². The fourth-order valence-corrected chi connectivity index (χ4v) is 1.88. The summed E-state index contributed by atoms with van der Waals surface area (Å²) in [5.41, 5.74) is 2.99. The Morgan fingerprint density at radius 3 is 2.43 bits per heavy atom. The van der Waals surface area contributed by atoms with Gasteiger partial charge in [0.1, 0.15) is 6.61 Å². The van der Waals surface area contributed by atoms with Crippen LogP contribution in [0.3, 0.4) is 0 Å². The van der Waals surface area contributed by atoms with E-state index in [4.69, 9.17) is 4.74 Å². The van der Waals surface area contributed by atoms with Crippen molar-refractivity contribution in [2.45, 2.75) is 6.61 Å². The number of hydrogen-bond donors (Lipinski definition) is 1. The molecule has 2 aromatic rings. The van der Waals surface area contributed by atoms with Gasteiger partial charge in [-0.1, -0.05) is 42.2 Å². The lowest BCUT2D eigenvalue weighted by atomic mass is 10.2. The maximum Gasteiger partial charge on any atom is 0.408 e. The Bertz CT molecular complexity index is 683. The number of nitrogens with one attached hydrogen (secondary N) is 1. The van der Waals surface area contributed by atoms with E-state index in [1.54, 1.807) is 0 Å². The van der Waals surface area contributed by atoms with Crippen LogP contribution < -0.4 is 10.2 Å². The number of amides is 1. The van der Waals surface area contributed by atoms with E-state index in [2.05, 4.69) is 17.2 Å². The molecule has 1 amide bonds. The highest BCUT2D eigenvalue weighted by molar-refractivity contribution is 5.67. The number of anilines is 1. The van der Waals surface area contributed by atoms with E-state index in [0.29, 0.717) is 0 Å². The topological polar surface area (TPSA) is 41.6 Å². The summed E-state index contributed by atoms with van der Waals surface area (Å²) >= 11 is 0. The molecule has 0 spiro atoms. The van der Waals surface area contributed by atoms with Gasteiger partial charge < -0.3 is 15.0 Å². The summed E-state index contributed by atoms with van der Waals surface area (Å²) in [4.78, 5) is 13.6. The highest BCUT2D eigenvalue weighted by Crippen LogP contribution is 2.11. The quantitative estimate of drug-likeness (QED) is 0.883. The fourth-order valence-electron chi connectivity index (χ4n) is 1.88. The zero-order valence-corrected chi connectivity index (χ0v) is 13.4. The van der Waals surface area contributed by atoms with Crippen LogP contribution >= 0.6 is 0 Å². The van der Waals surface area contributed by atoms with Crippen LogP contribution in [-0.4, -0.2) is 26.7 Å². The van der Waals surface area contributed by atoms with E-state index in [1.165, 1.54) is 0 Å². The molecule has 118 valence electrons. The molecule has 0 aliphatic carbocycles. The predicted octanol–water partition coefficient (Wildman–Crippen LogP) is 3.03. The second kappa shape index (κ2) is 8.50. The molecule has 0 saturated heterocycles. The molecule has 0 atom stereocenters. The van der Waals surface area contributed by atoms with Crippen LogP contribution in [0.1, 0.15) is 11.1 Å². The molecule has 2 rings (SSSR count). The first-order chi connectivity index (χ1) is 11.1. The number of ether oxygens (including phenoxy) is 1. The minimum Gasteiger partial charge on any atom is -0.445 e. The number of carbonyl (C=O) groups excluding carboxylic acids is 1. The molecule has 0 radical (unpaired) electrons. The zero-order chi connectivity index (χ0) is 16.5. The number of nitrogens with zero attached hydrogens (tertiary/aromatic N) is 1. The van der Waals surface area contributed by atoms with Crippen LogP contribution in [0.25, 0.3) is 0 Å². The van der Waals surface area contributed by atoms with Crippen molar-refractivity contribution in [3.8, 4) is 11.8 Å². The lowest BCUT2D eigenvalue weighted by Crippen LogP contribution is -2.24. The summed E-state index contributed by atoms with van der Waals surface area (Å²) < 4.78 is 5.10. The van der Waals surface area contributed by atoms with Crippen LogP contribution in [0.2, 0.25) is 0 Å². The second-order valence-electron chi connectivity index (χ2n) is 5.16. The van der Waals surface area contributed by atoms with Gasteiger partial charge in [0.25, 0.3) is 0 Å². The van der Waals surface area contributed by atoms with Gasteiger partial charge in [-0.05, 0) is 29.8 Å². The van der Waals surface area contributed by atoms with E-state index in [9.17, 15) is 4.79 Å². The molecular weight excluding hydrogens is 288 g/mol. The number of carbonyl (C=O) groups is 1. The summed E-state index contributed by atoms with van der Waals surface area (Å²) in [6, 6.07) is 17.5. The molecule has 0 heterocycles. The largest absolute Gasteiger partial charge is 0.445 e. The highest BCUT2D eigenvalue weighted by Gasteiger charge is 2.00. The summed E-state index contributed by atoms with van der Waals surface area (Å²) in [7, 11) is 3.98. The first kappa shape index (κ1) is 16.4. The Morgan fingerprint density at radius 1 is 1.09 bits per heavy atom. The Balaban J connectivity index is 1.73. The van der Waals surface area contributed by atoms with Crippen molar-refractivity contribution in [2.75, 3.05) is 25.5 Å². The molecule has 1 N–H and O–H groups in total. The van der Waals surface area contributed by atoms with Crippen LogP contribution in [0.5, 0.6) is 0 Å². The lowest BCUT2D eigenvalue weighted by molar-refractivity contribution is 0.141. The lowest BCUT2D eigenvalue weighted by Gasteiger charge is -2.11. The van der Waals surface area contributed by atoms with Crippen molar-refractivity contribution in [1.29, 1.82) is 0 Å². The molecule has 0 bridgehead atoms. The third kappa shape index (κ3) is 5.76. The number of hydrogen-bond acceptors (Lipinski definition) is 3. The van der Waals surface area contributed by atoms with Gasteiger partial charge in [0.15, 0.2) is 0 Å². The van der Waals surface area contributed by atoms with Crippen LogP contribution in [0.15, 0.2) is 54.6 Å². The van der Waals surface area contributed by atoms with E-state index in [-0.39, 0.29) is 13.2 Å². The molecule has 23 heavy (non-hydrogen) atoms. The van der Waals surface area contributed by atoms with Gasteiger partial charge in [-0.25, -0.2) is 4.79 Å². The molecule has 4 nitrogen and oxygen atoms in total.